The molecule has 1 saturated heterocycles. The molecule has 0 saturated carbocycles. The van der Waals surface area contributed by atoms with Crippen LogP contribution in [-0.2, 0) is 7.05 Å². The Labute approximate surface area is 193 Å². The molecule has 0 aliphatic carbocycles. The van der Waals surface area contributed by atoms with Crippen molar-refractivity contribution in [3.63, 3.8) is 0 Å². The first-order valence-electron chi connectivity index (χ1n) is 10.6. The van der Waals surface area contributed by atoms with Crippen LogP contribution in [0.3, 0.4) is 0 Å². The third kappa shape index (κ3) is 3.74. The van der Waals surface area contributed by atoms with Crippen molar-refractivity contribution >= 4 is 23.0 Å². The summed E-state index contributed by atoms with van der Waals surface area (Å²) in [7, 11) is 2.06. The summed E-state index contributed by atoms with van der Waals surface area (Å²) in [6, 6.07) is 26.2. The molecule has 0 unspecified atom stereocenters. The monoisotopic (exact) mass is 440 g/mol. The number of para-hydroxylation sites is 1. The van der Waals surface area contributed by atoms with E-state index in [1.807, 2.05) is 67.7 Å². The molecule has 6 heteroatoms. The molecule has 2 aromatic heterocycles. The van der Waals surface area contributed by atoms with Crippen LogP contribution >= 0.6 is 12.2 Å². The predicted molar refractivity (Wildman–Crippen MR) is 131 cm³/mol. The topological polar surface area (TPSA) is 42.3 Å². The summed E-state index contributed by atoms with van der Waals surface area (Å²) in [5.41, 5.74) is 4.23. The van der Waals surface area contributed by atoms with Crippen molar-refractivity contribution in [3.05, 3.63) is 108 Å². The molecule has 3 heterocycles. The smallest absolute Gasteiger partial charge is 0.174 e. The van der Waals surface area contributed by atoms with Gasteiger partial charge in [-0.25, -0.2) is 0 Å². The largest absolute Gasteiger partial charge is 0.457 e. The number of nitrogens with zero attached hydrogens (tertiary/aromatic N) is 3. The Morgan fingerprint density at radius 3 is 2.41 bits per heavy atom. The Balaban J connectivity index is 1.49. The summed E-state index contributed by atoms with van der Waals surface area (Å²) in [6.07, 6.45) is 3.88. The van der Waals surface area contributed by atoms with Crippen LogP contribution in [0.25, 0.3) is 0 Å². The van der Waals surface area contributed by atoms with Gasteiger partial charge < -0.3 is 19.5 Å². The SMILES string of the molecule is Cc1ccccc1Oc1ccc(N2C(=S)N[C@H](c3ccccn3)[C@H]2c2cccn2C)cc1. The van der Waals surface area contributed by atoms with Gasteiger partial charge >= 0.3 is 0 Å². The second-order valence-electron chi connectivity index (χ2n) is 7.90. The highest BCUT2D eigenvalue weighted by atomic mass is 32.1. The van der Waals surface area contributed by atoms with Crippen molar-refractivity contribution in [2.24, 2.45) is 7.05 Å². The zero-order valence-electron chi connectivity index (χ0n) is 18.0. The number of hydrogen-bond acceptors (Lipinski definition) is 3. The summed E-state index contributed by atoms with van der Waals surface area (Å²) in [5, 5.41) is 4.18. The lowest BCUT2D eigenvalue weighted by Gasteiger charge is -2.28. The molecule has 0 amide bonds. The summed E-state index contributed by atoms with van der Waals surface area (Å²) >= 11 is 5.80. The van der Waals surface area contributed by atoms with Crippen LogP contribution in [0.1, 0.15) is 29.0 Å². The molecule has 0 bridgehead atoms. The number of thiocarbonyl (C=S) groups is 1. The average molecular weight is 441 g/mol. The summed E-state index contributed by atoms with van der Waals surface area (Å²) < 4.78 is 8.22. The lowest BCUT2D eigenvalue weighted by Crippen LogP contribution is -2.30. The highest BCUT2D eigenvalue weighted by Crippen LogP contribution is 2.41. The fourth-order valence-electron chi connectivity index (χ4n) is 4.19. The number of benzene rings is 2. The zero-order valence-corrected chi connectivity index (χ0v) is 18.8. The Morgan fingerprint density at radius 2 is 1.72 bits per heavy atom. The van der Waals surface area contributed by atoms with Crippen molar-refractivity contribution in [2.75, 3.05) is 4.90 Å². The normalized spacial score (nSPS) is 17.9. The summed E-state index contributed by atoms with van der Waals surface area (Å²) in [5.74, 6) is 1.65. The number of rotatable bonds is 5. The lowest BCUT2D eigenvalue weighted by atomic mass is 10.0. The fourth-order valence-corrected chi connectivity index (χ4v) is 4.53. The van der Waals surface area contributed by atoms with Crippen LogP contribution in [0, 0.1) is 6.92 Å². The minimum atomic E-state index is -0.0554. The van der Waals surface area contributed by atoms with Crippen LogP contribution in [0.5, 0.6) is 11.5 Å². The molecule has 32 heavy (non-hydrogen) atoms. The van der Waals surface area contributed by atoms with Gasteiger partial charge in [-0.05, 0) is 79.3 Å². The second-order valence-corrected chi connectivity index (χ2v) is 8.29. The molecular weight excluding hydrogens is 416 g/mol. The van der Waals surface area contributed by atoms with E-state index in [4.69, 9.17) is 17.0 Å². The molecule has 1 aliphatic rings. The van der Waals surface area contributed by atoms with Crippen LogP contribution in [0.15, 0.2) is 91.3 Å². The number of hydrogen-bond donors (Lipinski definition) is 1. The van der Waals surface area contributed by atoms with Crippen molar-refractivity contribution < 1.29 is 4.74 Å². The standard InChI is InChI=1S/C26H24N4OS/c1-18-8-3-4-11-23(18)31-20-14-12-19(13-15-20)30-25(22-10-7-17-29(22)2)24(28-26(30)32)21-9-5-6-16-27-21/h3-17,24-25H,1-2H3,(H,28,32)/t24-,25-/m1/s1. The summed E-state index contributed by atoms with van der Waals surface area (Å²) in [4.78, 5) is 6.77. The van der Waals surface area contributed by atoms with Gasteiger partial charge in [0.25, 0.3) is 0 Å². The minimum Gasteiger partial charge on any atom is -0.457 e. The van der Waals surface area contributed by atoms with Gasteiger partial charge in [0.05, 0.1) is 11.7 Å². The van der Waals surface area contributed by atoms with E-state index in [1.165, 1.54) is 0 Å². The molecular formula is C26H24N4OS. The third-order valence-electron chi connectivity index (χ3n) is 5.82. The first-order chi connectivity index (χ1) is 15.6. The minimum absolute atomic E-state index is 0.0273. The van der Waals surface area contributed by atoms with E-state index >= 15 is 0 Å². The van der Waals surface area contributed by atoms with Crippen molar-refractivity contribution in [3.8, 4) is 11.5 Å². The first kappa shape index (κ1) is 20.3. The van der Waals surface area contributed by atoms with E-state index in [2.05, 4.69) is 57.3 Å². The number of nitrogens with one attached hydrogen (secondary N) is 1. The highest BCUT2D eigenvalue weighted by molar-refractivity contribution is 7.80. The maximum Gasteiger partial charge on any atom is 0.174 e. The molecule has 4 aromatic rings. The van der Waals surface area contributed by atoms with E-state index < -0.39 is 0 Å². The van der Waals surface area contributed by atoms with Gasteiger partial charge in [-0.3, -0.25) is 4.98 Å². The Morgan fingerprint density at radius 1 is 0.938 bits per heavy atom. The van der Waals surface area contributed by atoms with Gasteiger partial charge in [0.2, 0.25) is 0 Å². The van der Waals surface area contributed by atoms with Gasteiger partial charge in [-0.2, -0.15) is 0 Å². The number of aryl methyl sites for hydroxylation is 2. The van der Waals surface area contributed by atoms with E-state index in [9.17, 15) is 0 Å². The highest BCUT2D eigenvalue weighted by Gasteiger charge is 2.41. The molecule has 2 atom stereocenters. The van der Waals surface area contributed by atoms with Crippen molar-refractivity contribution in [1.82, 2.24) is 14.9 Å². The number of ether oxygens (including phenoxy) is 1. The molecule has 1 aliphatic heterocycles. The molecule has 160 valence electrons. The quantitative estimate of drug-likeness (QED) is 0.403. The molecule has 2 aromatic carbocycles. The van der Waals surface area contributed by atoms with Crippen molar-refractivity contribution in [1.29, 1.82) is 0 Å². The van der Waals surface area contributed by atoms with Gasteiger partial charge in [-0.1, -0.05) is 24.3 Å². The van der Waals surface area contributed by atoms with E-state index in [-0.39, 0.29) is 12.1 Å². The van der Waals surface area contributed by atoms with Crippen LogP contribution in [0.2, 0.25) is 0 Å². The molecule has 1 N–H and O–H groups in total. The number of aromatic nitrogens is 2. The fraction of sp³-hybridized carbons (Fsp3) is 0.154. The lowest BCUT2D eigenvalue weighted by molar-refractivity contribution is 0.479. The number of pyridine rings is 1. The summed E-state index contributed by atoms with van der Waals surface area (Å²) in [6.45, 7) is 2.04. The maximum absolute atomic E-state index is 6.08. The predicted octanol–water partition coefficient (Wildman–Crippen LogP) is 5.70. The molecule has 0 spiro atoms. The van der Waals surface area contributed by atoms with E-state index in [1.54, 1.807) is 0 Å². The average Bonchev–Trinajstić information content (AvgIpc) is 3.39. The Bertz CT molecular complexity index is 1240. The molecule has 1 fully saturated rings. The first-order valence-corrected chi connectivity index (χ1v) is 11.0. The molecule has 5 nitrogen and oxygen atoms in total. The van der Waals surface area contributed by atoms with Crippen LogP contribution in [-0.4, -0.2) is 14.7 Å². The Kier molecular flexibility index (Phi) is 5.37. The Hall–Kier alpha value is -3.64. The van der Waals surface area contributed by atoms with Gasteiger partial charge in [-0.15, -0.1) is 0 Å². The zero-order chi connectivity index (χ0) is 22.1. The van der Waals surface area contributed by atoms with Crippen LogP contribution in [0.4, 0.5) is 5.69 Å². The van der Waals surface area contributed by atoms with Crippen molar-refractivity contribution in [2.45, 2.75) is 19.0 Å². The van der Waals surface area contributed by atoms with Gasteiger partial charge in [0, 0.05) is 30.8 Å². The second kappa shape index (κ2) is 8.48. The molecule has 0 radical (unpaired) electrons. The van der Waals surface area contributed by atoms with Gasteiger partial charge in [0.15, 0.2) is 5.11 Å². The molecule has 5 rings (SSSR count). The van der Waals surface area contributed by atoms with Crippen LogP contribution < -0.4 is 15.0 Å². The third-order valence-corrected chi connectivity index (χ3v) is 6.14. The van der Waals surface area contributed by atoms with E-state index in [0.717, 1.165) is 34.1 Å². The maximum atomic E-state index is 6.08. The number of anilines is 1. The van der Waals surface area contributed by atoms with Gasteiger partial charge in [0.1, 0.15) is 17.5 Å². The van der Waals surface area contributed by atoms with E-state index in [0.29, 0.717) is 5.11 Å².